The molecular weight excluding hydrogens is 354 g/mol. The van der Waals surface area contributed by atoms with Crippen molar-refractivity contribution in [3.05, 3.63) is 59.2 Å². The maximum absolute atomic E-state index is 12.3. The average molecular weight is 381 g/mol. The Hall–Kier alpha value is -2.79. The van der Waals surface area contributed by atoms with Gasteiger partial charge in [-0.2, -0.15) is 0 Å². The Kier molecular flexibility index (Phi) is 6.71. The van der Waals surface area contributed by atoms with Gasteiger partial charge in [0.25, 0.3) is 0 Å². The topological polar surface area (TPSA) is 48.0 Å². The lowest BCUT2D eigenvalue weighted by Crippen LogP contribution is -2.35. The van der Waals surface area contributed by atoms with Gasteiger partial charge in [0.05, 0.1) is 14.2 Å². The monoisotopic (exact) mass is 381 g/mol. The SMILES string of the molecule is CCN1CCC(=O)/C(=C/c2cc(OC)c(OCc3ccccc3)c(OC)c2)C1. The molecule has 0 amide bonds. The Balaban J connectivity index is 1.88. The fourth-order valence-corrected chi connectivity index (χ4v) is 3.28. The van der Waals surface area contributed by atoms with Gasteiger partial charge in [0.1, 0.15) is 6.61 Å². The number of hydrogen-bond acceptors (Lipinski definition) is 5. The number of carbonyl (C=O) groups is 1. The largest absolute Gasteiger partial charge is 0.493 e. The summed E-state index contributed by atoms with van der Waals surface area (Å²) < 4.78 is 17.1. The van der Waals surface area contributed by atoms with Gasteiger partial charge in [-0.1, -0.05) is 37.3 Å². The Morgan fingerprint density at radius 2 is 1.75 bits per heavy atom. The lowest BCUT2D eigenvalue weighted by molar-refractivity contribution is -0.117. The summed E-state index contributed by atoms with van der Waals surface area (Å²) >= 11 is 0. The molecule has 1 aliphatic rings. The van der Waals surface area contributed by atoms with Crippen molar-refractivity contribution in [1.29, 1.82) is 0 Å². The molecule has 0 aromatic heterocycles. The minimum Gasteiger partial charge on any atom is -0.493 e. The molecule has 1 aliphatic heterocycles. The van der Waals surface area contributed by atoms with Crippen molar-refractivity contribution in [2.45, 2.75) is 20.0 Å². The molecule has 5 nitrogen and oxygen atoms in total. The van der Waals surface area contributed by atoms with E-state index in [0.29, 0.717) is 36.8 Å². The van der Waals surface area contributed by atoms with E-state index in [2.05, 4.69) is 11.8 Å². The van der Waals surface area contributed by atoms with E-state index in [1.54, 1.807) is 14.2 Å². The van der Waals surface area contributed by atoms with E-state index in [4.69, 9.17) is 14.2 Å². The van der Waals surface area contributed by atoms with Crippen LogP contribution in [0.15, 0.2) is 48.0 Å². The molecule has 0 bridgehead atoms. The van der Waals surface area contributed by atoms with Gasteiger partial charge in [0.2, 0.25) is 5.75 Å². The maximum atomic E-state index is 12.3. The summed E-state index contributed by atoms with van der Waals surface area (Å²) in [6, 6.07) is 13.7. The summed E-state index contributed by atoms with van der Waals surface area (Å²) in [5.74, 6) is 1.92. The number of Topliss-reactive ketones (excluding diaryl/α,β-unsaturated/α-hetero) is 1. The second kappa shape index (κ2) is 9.42. The molecule has 5 heteroatoms. The third-order valence-corrected chi connectivity index (χ3v) is 4.90. The van der Waals surface area contributed by atoms with Gasteiger partial charge in [-0.3, -0.25) is 9.69 Å². The predicted molar refractivity (Wildman–Crippen MR) is 110 cm³/mol. The quantitative estimate of drug-likeness (QED) is 0.680. The van der Waals surface area contributed by atoms with Gasteiger partial charge < -0.3 is 14.2 Å². The first kappa shape index (κ1) is 20.0. The zero-order valence-electron chi connectivity index (χ0n) is 16.7. The summed E-state index contributed by atoms with van der Waals surface area (Å²) in [4.78, 5) is 14.6. The number of ketones is 1. The van der Waals surface area contributed by atoms with E-state index >= 15 is 0 Å². The fraction of sp³-hybridized carbons (Fsp3) is 0.348. The van der Waals surface area contributed by atoms with Crippen LogP contribution in [0.4, 0.5) is 0 Å². The highest BCUT2D eigenvalue weighted by Crippen LogP contribution is 2.39. The molecule has 0 unspecified atom stereocenters. The van der Waals surface area contributed by atoms with Crippen molar-refractivity contribution in [2.24, 2.45) is 0 Å². The summed E-state index contributed by atoms with van der Waals surface area (Å²) in [5.41, 5.74) is 2.74. The van der Waals surface area contributed by atoms with Gasteiger partial charge >= 0.3 is 0 Å². The molecule has 0 spiro atoms. The van der Waals surface area contributed by atoms with Gasteiger partial charge in [0.15, 0.2) is 17.3 Å². The van der Waals surface area contributed by atoms with Gasteiger partial charge in [-0.25, -0.2) is 0 Å². The molecule has 2 aromatic carbocycles. The number of piperidine rings is 1. The van der Waals surface area contributed by atoms with Crippen molar-refractivity contribution >= 4 is 11.9 Å². The molecule has 0 aliphatic carbocycles. The zero-order chi connectivity index (χ0) is 19.9. The highest BCUT2D eigenvalue weighted by Gasteiger charge is 2.21. The third-order valence-electron chi connectivity index (χ3n) is 4.90. The lowest BCUT2D eigenvalue weighted by atomic mass is 10.00. The number of benzene rings is 2. The summed E-state index contributed by atoms with van der Waals surface area (Å²) in [7, 11) is 3.21. The normalized spacial score (nSPS) is 16.2. The molecule has 148 valence electrons. The number of carbonyl (C=O) groups excluding carboxylic acids is 1. The minimum absolute atomic E-state index is 0.201. The Morgan fingerprint density at radius 1 is 1.07 bits per heavy atom. The van der Waals surface area contributed by atoms with Crippen LogP contribution in [0.2, 0.25) is 0 Å². The highest BCUT2D eigenvalue weighted by molar-refractivity contribution is 6.00. The van der Waals surface area contributed by atoms with Crippen LogP contribution in [0.1, 0.15) is 24.5 Å². The van der Waals surface area contributed by atoms with Gasteiger partial charge in [-0.05, 0) is 35.9 Å². The van der Waals surface area contributed by atoms with Crippen molar-refractivity contribution in [2.75, 3.05) is 33.9 Å². The number of nitrogens with zero attached hydrogens (tertiary/aromatic N) is 1. The molecule has 1 saturated heterocycles. The molecule has 28 heavy (non-hydrogen) atoms. The van der Waals surface area contributed by atoms with Crippen LogP contribution in [-0.2, 0) is 11.4 Å². The van der Waals surface area contributed by atoms with Crippen LogP contribution in [0.25, 0.3) is 6.08 Å². The first-order valence-electron chi connectivity index (χ1n) is 9.53. The summed E-state index contributed by atoms with van der Waals surface area (Å²) in [6.07, 6.45) is 2.49. The molecule has 0 atom stereocenters. The first-order valence-corrected chi connectivity index (χ1v) is 9.53. The van der Waals surface area contributed by atoms with Crippen LogP contribution in [0.5, 0.6) is 17.2 Å². The van der Waals surface area contributed by atoms with E-state index in [1.165, 1.54) is 0 Å². The third kappa shape index (κ3) is 4.73. The second-order valence-corrected chi connectivity index (χ2v) is 6.74. The summed E-state index contributed by atoms with van der Waals surface area (Å²) in [6.45, 7) is 4.96. The number of ether oxygens (including phenoxy) is 3. The van der Waals surface area contributed by atoms with Gasteiger partial charge in [-0.15, -0.1) is 0 Å². The number of likely N-dealkylation sites (tertiary alicyclic amines) is 1. The fourth-order valence-electron chi connectivity index (χ4n) is 3.28. The van der Waals surface area contributed by atoms with Gasteiger partial charge in [0, 0.05) is 25.1 Å². The van der Waals surface area contributed by atoms with Crippen LogP contribution >= 0.6 is 0 Å². The molecule has 0 radical (unpaired) electrons. The van der Waals surface area contributed by atoms with Crippen LogP contribution in [-0.4, -0.2) is 44.5 Å². The molecular formula is C23H27NO4. The van der Waals surface area contributed by atoms with Crippen molar-refractivity contribution in [1.82, 2.24) is 4.90 Å². The van der Waals surface area contributed by atoms with Crippen molar-refractivity contribution in [3.8, 4) is 17.2 Å². The van der Waals surface area contributed by atoms with Crippen LogP contribution in [0, 0.1) is 0 Å². The molecule has 0 saturated carbocycles. The number of likely N-dealkylation sites (N-methyl/N-ethyl adjacent to an activating group) is 1. The molecule has 3 rings (SSSR count). The highest BCUT2D eigenvalue weighted by atomic mass is 16.5. The smallest absolute Gasteiger partial charge is 0.203 e. The lowest BCUT2D eigenvalue weighted by Gasteiger charge is -2.26. The van der Waals surface area contributed by atoms with E-state index < -0.39 is 0 Å². The van der Waals surface area contributed by atoms with E-state index in [-0.39, 0.29) is 5.78 Å². The minimum atomic E-state index is 0.201. The predicted octanol–water partition coefficient (Wildman–Crippen LogP) is 3.96. The van der Waals surface area contributed by atoms with E-state index in [1.807, 2.05) is 48.5 Å². The number of rotatable bonds is 7. The molecule has 0 N–H and O–H groups in total. The van der Waals surface area contributed by atoms with E-state index in [9.17, 15) is 4.79 Å². The van der Waals surface area contributed by atoms with E-state index in [0.717, 1.165) is 29.8 Å². The number of hydrogen-bond donors (Lipinski definition) is 0. The molecule has 2 aromatic rings. The first-order chi connectivity index (χ1) is 13.6. The Morgan fingerprint density at radius 3 is 2.36 bits per heavy atom. The molecule has 1 heterocycles. The van der Waals surface area contributed by atoms with Crippen molar-refractivity contribution < 1.29 is 19.0 Å². The van der Waals surface area contributed by atoms with Crippen molar-refractivity contribution in [3.63, 3.8) is 0 Å². The molecule has 1 fully saturated rings. The summed E-state index contributed by atoms with van der Waals surface area (Å²) in [5, 5.41) is 0. The zero-order valence-corrected chi connectivity index (χ0v) is 16.7. The second-order valence-electron chi connectivity index (χ2n) is 6.74. The standard InChI is InChI=1S/C23H27NO4/c1-4-24-11-10-20(25)19(15-24)12-18-13-21(26-2)23(22(14-18)27-3)28-16-17-8-6-5-7-9-17/h5-9,12-14H,4,10-11,15-16H2,1-3H3/b19-12+. The average Bonchev–Trinajstić information content (AvgIpc) is 2.74. The van der Waals surface area contributed by atoms with Crippen LogP contribution in [0.3, 0.4) is 0 Å². The van der Waals surface area contributed by atoms with Crippen LogP contribution < -0.4 is 14.2 Å². The Labute approximate surface area is 166 Å². The maximum Gasteiger partial charge on any atom is 0.203 e. The Bertz CT molecular complexity index is 820. The number of methoxy groups -OCH3 is 2.